The molecule has 0 aliphatic heterocycles. The summed E-state index contributed by atoms with van der Waals surface area (Å²) in [5.41, 5.74) is 0. The summed E-state index contributed by atoms with van der Waals surface area (Å²) in [4.78, 5) is 12.8. The lowest BCUT2D eigenvalue weighted by Gasteiger charge is -2.13. The number of methoxy groups -OCH3 is 1. The van der Waals surface area contributed by atoms with E-state index in [0.717, 1.165) is 0 Å². The molecule has 0 N–H and O–H groups in total. The number of nitrogens with zero attached hydrogens (tertiary/aromatic N) is 1. The van der Waals surface area contributed by atoms with Crippen LogP contribution in [0.25, 0.3) is 0 Å². The summed E-state index contributed by atoms with van der Waals surface area (Å²) in [5.74, 6) is 3.41. The molecule has 1 aromatic rings. The molecule has 0 fully saturated rings. The van der Waals surface area contributed by atoms with Crippen LogP contribution in [0.15, 0.2) is 24.3 Å². The third-order valence-corrected chi connectivity index (χ3v) is 1.89. The Balaban J connectivity index is 2.66. The average molecular weight is 219 g/mol. The highest BCUT2D eigenvalue weighted by atomic mass is 16.6. The monoisotopic (exact) mass is 219 g/mol. The van der Waals surface area contributed by atoms with Gasteiger partial charge in [0.1, 0.15) is 11.5 Å². The van der Waals surface area contributed by atoms with Crippen molar-refractivity contribution in [2.24, 2.45) is 0 Å². The first kappa shape index (κ1) is 11.9. The molecular weight excluding hydrogens is 206 g/mol. The fourth-order valence-corrected chi connectivity index (χ4v) is 1.04. The Kier molecular flexibility index (Phi) is 4.22. The zero-order valence-corrected chi connectivity index (χ0v) is 9.27. The molecule has 0 heterocycles. The zero-order valence-electron chi connectivity index (χ0n) is 9.27. The summed E-state index contributed by atoms with van der Waals surface area (Å²) < 4.78 is 10.1. The minimum Gasteiger partial charge on any atom is -0.497 e. The van der Waals surface area contributed by atoms with Gasteiger partial charge in [-0.25, -0.2) is 4.79 Å². The second kappa shape index (κ2) is 5.66. The SMILES string of the molecule is C#CCN(C)C(=O)Oc1cccc(OC)c1. The molecular formula is C12H13NO3. The Labute approximate surface area is 94.8 Å². The predicted octanol–water partition coefficient (Wildman–Crippen LogP) is 1.76. The fourth-order valence-electron chi connectivity index (χ4n) is 1.04. The molecule has 0 aromatic heterocycles. The number of rotatable bonds is 3. The molecule has 1 aromatic carbocycles. The van der Waals surface area contributed by atoms with E-state index in [9.17, 15) is 4.79 Å². The van der Waals surface area contributed by atoms with Crippen molar-refractivity contribution < 1.29 is 14.3 Å². The topological polar surface area (TPSA) is 38.8 Å². The van der Waals surface area contributed by atoms with Crippen LogP contribution in [0.2, 0.25) is 0 Å². The number of carbonyl (C=O) groups is 1. The van der Waals surface area contributed by atoms with E-state index in [-0.39, 0.29) is 6.54 Å². The van der Waals surface area contributed by atoms with Crippen molar-refractivity contribution in [2.45, 2.75) is 0 Å². The number of hydrogen-bond donors (Lipinski definition) is 0. The first-order valence-electron chi connectivity index (χ1n) is 4.68. The van der Waals surface area contributed by atoms with E-state index in [4.69, 9.17) is 15.9 Å². The van der Waals surface area contributed by atoms with Crippen LogP contribution >= 0.6 is 0 Å². The molecule has 0 saturated heterocycles. The van der Waals surface area contributed by atoms with Gasteiger partial charge in [-0.3, -0.25) is 4.90 Å². The number of carbonyl (C=O) groups excluding carboxylic acids is 1. The third-order valence-electron chi connectivity index (χ3n) is 1.89. The van der Waals surface area contributed by atoms with Crippen molar-refractivity contribution in [3.8, 4) is 23.8 Å². The molecule has 0 unspecified atom stereocenters. The van der Waals surface area contributed by atoms with E-state index >= 15 is 0 Å². The average Bonchev–Trinajstić information content (AvgIpc) is 2.29. The molecule has 1 rings (SSSR count). The molecule has 0 aliphatic carbocycles. The number of ether oxygens (including phenoxy) is 2. The highest BCUT2D eigenvalue weighted by molar-refractivity contribution is 5.70. The summed E-state index contributed by atoms with van der Waals surface area (Å²) in [7, 11) is 3.12. The summed E-state index contributed by atoms with van der Waals surface area (Å²) >= 11 is 0. The number of terminal acetylenes is 1. The zero-order chi connectivity index (χ0) is 12.0. The fraction of sp³-hybridized carbons (Fsp3) is 0.250. The van der Waals surface area contributed by atoms with Gasteiger partial charge in [0.2, 0.25) is 0 Å². The maximum atomic E-state index is 11.5. The van der Waals surface area contributed by atoms with Gasteiger partial charge in [-0.05, 0) is 12.1 Å². The molecule has 0 spiro atoms. The van der Waals surface area contributed by atoms with Crippen LogP contribution in [0.5, 0.6) is 11.5 Å². The van der Waals surface area contributed by atoms with Gasteiger partial charge >= 0.3 is 6.09 Å². The van der Waals surface area contributed by atoms with Crippen LogP contribution in [-0.4, -0.2) is 31.7 Å². The van der Waals surface area contributed by atoms with E-state index in [0.29, 0.717) is 11.5 Å². The lowest BCUT2D eigenvalue weighted by molar-refractivity contribution is 0.168. The maximum Gasteiger partial charge on any atom is 0.415 e. The van der Waals surface area contributed by atoms with E-state index in [1.807, 2.05) is 0 Å². The highest BCUT2D eigenvalue weighted by Gasteiger charge is 2.09. The molecule has 1 amide bonds. The van der Waals surface area contributed by atoms with E-state index in [1.165, 1.54) is 4.90 Å². The van der Waals surface area contributed by atoms with Gasteiger partial charge in [0.05, 0.1) is 13.7 Å². The van der Waals surface area contributed by atoms with Crippen molar-refractivity contribution in [1.82, 2.24) is 4.90 Å². The molecule has 0 atom stereocenters. The Hall–Kier alpha value is -2.15. The van der Waals surface area contributed by atoms with E-state index in [1.54, 1.807) is 38.4 Å². The molecule has 84 valence electrons. The summed E-state index contributed by atoms with van der Waals surface area (Å²) in [6, 6.07) is 6.80. The number of hydrogen-bond acceptors (Lipinski definition) is 3. The second-order valence-electron chi connectivity index (χ2n) is 3.11. The van der Waals surface area contributed by atoms with Gasteiger partial charge in [0.25, 0.3) is 0 Å². The largest absolute Gasteiger partial charge is 0.497 e. The van der Waals surface area contributed by atoms with Crippen molar-refractivity contribution in [2.75, 3.05) is 20.7 Å². The normalized spacial score (nSPS) is 9.06. The third kappa shape index (κ3) is 3.21. The lowest BCUT2D eigenvalue weighted by Crippen LogP contribution is -2.29. The van der Waals surface area contributed by atoms with Crippen molar-refractivity contribution in [1.29, 1.82) is 0 Å². The van der Waals surface area contributed by atoms with Gasteiger partial charge in [-0.1, -0.05) is 12.0 Å². The maximum absolute atomic E-state index is 11.5. The molecule has 0 saturated carbocycles. The molecule has 16 heavy (non-hydrogen) atoms. The van der Waals surface area contributed by atoms with Crippen LogP contribution in [-0.2, 0) is 0 Å². The first-order chi connectivity index (χ1) is 7.67. The van der Waals surface area contributed by atoms with E-state index in [2.05, 4.69) is 5.92 Å². The second-order valence-corrected chi connectivity index (χ2v) is 3.11. The van der Waals surface area contributed by atoms with E-state index < -0.39 is 6.09 Å². The van der Waals surface area contributed by atoms with Crippen LogP contribution in [0, 0.1) is 12.3 Å². The summed E-state index contributed by atoms with van der Waals surface area (Å²) in [6.45, 7) is 0.211. The Bertz CT molecular complexity index is 409. The molecule has 0 aliphatic rings. The Morgan fingerprint density at radius 3 is 2.81 bits per heavy atom. The first-order valence-corrected chi connectivity index (χ1v) is 4.68. The quantitative estimate of drug-likeness (QED) is 0.727. The smallest absolute Gasteiger partial charge is 0.415 e. The van der Waals surface area contributed by atoms with Crippen molar-refractivity contribution >= 4 is 6.09 Å². The number of amides is 1. The molecule has 4 nitrogen and oxygen atoms in total. The molecule has 0 bridgehead atoms. The highest BCUT2D eigenvalue weighted by Crippen LogP contribution is 2.19. The predicted molar refractivity (Wildman–Crippen MR) is 60.5 cm³/mol. The van der Waals surface area contributed by atoms with Crippen LogP contribution in [0.3, 0.4) is 0 Å². The van der Waals surface area contributed by atoms with Crippen molar-refractivity contribution in [3.63, 3.8) is 0 Å². The number of benzene rings is 1. The molecule has 0 radical (unpaired) electrons. The van der Waals surface area contributed by atoms with Gasteiger partial charge in [0.15, 0.2) is 0 Å². The van der Waals surface area contributed by atoms with Gasteiger partial charge in [0, 0.05) is 13.1 Å². The lowest BCUT2D eigenvalue weighted by atomic mass is 10.3. The Morgan fingerprint density at radius 1 is 1.50 bits per heavy atom. The van der Waals surface area contributed by atoms with Gasteiger partial charge < -0.3 is 9.47 Å². The molecule has 4 heteroatoms. The Morgan fingerprint density at radius 2 is 2.19 bits per heavy atom. The van der Waals surface area contributed by atoms with Crippen molar-refractivity contribution in [3.05, 3.63) is 24.3 Å². The standard InChI is InChI=1S/C12H13NO3/c1-4-8-13(2)12(14)16-11-7-5-6-10(9-11)15-3/h1,5-7,9H,8H2,2-3H3. The summed E-state index contributed by atoms with van der Waals surface area (Å²) in [6.07, 6.45) is 4.59. The van der Waals surface area contributed by atoms with Gasteiger partial charge in [-0.2, -0.15) is 0 Å². The minimum atomic E-state index is -0.494. The minimum absolute atomic E-state index is 0.211. The van der Waals surface area contributed by atoms with Crippen LogP contribution in [0.1, 0.15) is 0 Å². The van der Waals surface area contributed by atoms with Gasteiger partial charge in [-0.15, -0.1) is 6.42 Å². The van der Waals surface area contributed by atoms with Crippen LogP contribution in [0.4, 0.5) is 4.79 Å². The van der Waals surface area contributed by atoms with Crippen LogP contribution < -0.4 is 9.47 Å². The summed E-state index contributed by atoms with van der Waals surface area (Å²) in [5, 5.41) is 0.